The molecule has 2 saturated carbocycles. The molecule has 0 heterocycles. The Morgan fingerprint density at radius 1 is 0.944 bits per heavy atom. The van der Waals surface area contributed by atoms with E-state index < -0.39 is 0 Å². The van der Waals surface area contributed by atoms with Crippen molar-refractivity contribution in [1.82, 2.24) is 5.43 Å². The molecule has 0 aliphatic heterocycles. The molecule has 0 aromatic heterocycles. The van der Waals surface area contributed by atoms with Crippen LogP contribution in [0.1, 0.15) is 68.0 Å². The lowest BCUT2D eigenvalue weighted by molar-refractivity contribution is 0.373. The van der Waals surface area contributed by atoms with Crippen molar-refractivity contribution in [3.8, 4) is 0 Å². The van der Waals surface area contributed by atoms with Gasteiger partial charge in [-0.2, -0.15) is 0 Å². The second-order valence-corrected chi connectivity index (χ2v) is 5.98. The van der Waals surface area contributed by atoms with E-state index in [-0.39, 0.29) is 0 Å². The maximum atomic E-state index is 5.77. The number of nitrogens with one attached hydrogen (secondary N) is 1. The first kappa shape index (κ1) is 12.2. The van der Waals surface area contributed by atoms with E-state index >= 15 is 0 Å². The van der Waals surface area contributed by atoms with E-state index in [1.807, 2.05) is 0 Å². The fourth-order valence-corrected chi connectivity index (χ4v) is 3.51. The minimum Gasteiger partial charge on any atom is -0.271 e. The summed E-state index contributed by atoms with van der Waals surface area (Å²) in [5, 5.41) is 0. The summed E-state index contributed by atoms with van der Waals surface area (Å²) in [5.41, 5.74) is 5.93. The zero-order chi connectivity index (χ0) is 12.4. The Bertz CT molecular complexity index is 375. The number of rotatable bonds is 4. The van der Waals surface area contributed by atoms with Crippen molar-refractivity contribution in [3.05, 3.63) is 35.4 Å². The van der Waals surface area contributed by atoms with E-state index in [0.717, 1.165) is 11.8 Å². The lowest BCUT2D eigenvalue weighted by Crippen LogP contribution is -2.32. The summed E-state index contributed by atoms with van der Waals surface area (Å²) in [5.74, 6) is 7.32. The topological polar surface area (TPSA) is 38.0 Å². The number of hydrazine groups is 1. The average Bonchev–Trinajstić information content (AvgIpc) is 2.84. The van der Waals surface area contributed by atoms with Crippen LogP contribution in [0.4, 0.5) is 0 Å². The van der Waals surface area contributed by atoms with Gasteiger partial charge >= 0.3 is 0 Å². The predicted molar refractivity (Wildman–Crippen MR) is 75.1 cm³/mol. The van der Waals surface area contributed by atoms with Crippen LogP contribution in [0.2, 0.25) is 0 Å². The Kier molecular flexibility index (Phi) is 3.67. The second kappa shape index (κ2) is 5.41. The highest BCUT2D eigenvalue weighted by atomic mass is 15.2. The maximum Gasteiger partial charge on any atom is 0.0488 e. The predicted octanol–water partition coefficient (Wildman–Crippen LogP) is 3.65. The zero-order valence-electron chi connectivity index (χ0n) is 11.1. The summed E-state index contributed by atoms with van der Waals surface area (Å²) in [6, 6.07) is 9.56. The SMILES string of the molecule is NNC(c1ccc(C2CCC2)cc1)C1CCCC1. The van der Waals surface area contributed by atoms with Crippen LogP contribution in [0.15, 0.2) is 24.3 Å². The molecule has 0 bridgehead atoms. The summed E-state index contributed by atoms with van der Waals surface area (Å²) >= 11 is 0. The third-order valence-corrected chi connectivity index (χ3v) is 4.92. The van der Waals surface area contributed by atoms with Crippen LogP contribution >= 0.6 is 0 Å². The van der Waals surface area contributed by atoms with E-state index in [1.165, 1.54) is 56.1 Å². The Hall–Kier alpha value is -0.860. The van der Waals surface area contributed by atoms with Gasteiger partial charge in [-0.1, -0.05) is 43.5 Å². The van der Waals surface area contributed by atoms with Gasteiger partial charge in [0.2, 0.25) is 0 Å². The highest BCUT2D eigenvalue weighted by Gasteiger charge is 2.26. The van der Waals surface area contributed by atoms with Gasteiger partial charge in [-0.05, 0) is 48.6 Å². The molecule has 1 atom stereocenters. The average molecular weight is 244 g/mol. The number of hydrogen-bond acceptors (Lipinski definition) is 2. The molecule has 0 amide bonds. The summed E-state index contributed by atoms with van der Waals surface area (Å²) in [4.78, 5) is 0. The molecule has 2 aliphatic carbocycles. The largest absolute Gasteiger partial charge is 0.271 e. The van der Waals surface area contributed by atoms with Gasteiger partial charge in [0.25, 0.3) is 0 Å². The fourth-order valence-electron chi connectivity index (χ4n) is 3.51. The first-order chi connectivity index (χ1) is 8.88. The summed E-state index contributed by atoms with van der Waals surface area (Å²) in [7, 11) is 0. The van der Waals surface area contributed by atoms with Gasteiger partial charge in [0.1, 0.15) is 0 Å². The molecule has 2 nitrogen and oxygen atoms in total. The van der Waals surface area contributed by atoms with Crippen LogP contribution in [0.5, 0.6) is 0 Å². The van der Waals surface area contributed by atoms with Crippen LogP contribution < -0.4 is 11.3 Å². The van der Waals surface area contributed by atoms with Crippen molar-refractivity contribution in [2.75, 3.05) is 0 Å². The van der Waals surface area contributed by atoms with E-state index in [1.54, 1.807) is 0 Å². The van der Waals surface area contributed by atoms with Crippen molar-refractivity contribution >= 4 is 0 Å². The molecule has 2 aliphatic rings. The molecular formula is C16H24N2. The third kappa shape index (κ3) is 2.32. The van der Waals surface area contributed by atoms with E-state index in [2.05, 4.69) is 29.7 Å². The zero-order valence-corrected chi connectivity index (χ0v) is 11.1. The van der Waals surface area contributed by atoms with Crippen molar-refractivity contribution in [2.45, 2.75) is 56.9 Å². The third-order valence-electron chi connectivity index (χ3n) is 4.92. The molecule has 3 rings (SSSR count). The van der Waals surface area contributed by atoms with Gasteiger partial charge in [0, 0.05) is 6.04 Å². The van der Waals surface area contributed by atoms with E-state index in [0.29, 0.717) is 6.04 Å². The number of benzene rings is 1. The van der Waals surface area contributed by atoms with Gasteiger partial charge in [0.05, 0.1) is 0 Å². The van der Waals surface area contributed by atoms with E-state index in [9.17, 15) is 0 Å². The van der Waals surface area contributed by atoms with Gasteiger partial charge in [-0.15, -0.1) is 0 Å². The Morgan fingerprint density at radius 3 is 2.11 bits per heavy atom. The monoisotopic (exact) mass is 244 g/mol. The minimum absolute atomic E-state index is 0.350. The Labute approximate surface area is 110 Å². The molecule has 1 aromatic rings. The lowest BCUT2D eigenvalue weighted by Gasteiger charge is -2.27. The summed E-state index contributed by atoms with van der Waals surface area (Å²) in [6.07, 6.45) is 9.52. The minimum atomic E-state index is 0.350. The summed E-state index contributed by atoms with van der Waals surface area (Å²) in [6.45, 7) is 0. The van der Waals surface area contributed by atoms with Crippen LogP contribution in [-0.2, 0) is 0 Å². The smallest absolute Gasteiger partial charge is 0.0488 e. The van der Waals surface area contributed by atoms with Crippen LogP contribution in [0.25, 0.3) is 0 Å². The van der Waals surface area contributed by atoms with Gasteiger partial charge in [-0.3, -0.25) is 11.3 Å². The molecule has 3 N–H and O–H groups in total. The van der Waals surface area contributed by atoms with Crippen molar-refractivity contribution in [3.63, 3.8) is 0 Å². The Morgan fingerprint density at radius 2 is 1.61 bits per heavy atom. The number of nitrogens with two attached hydrogens (primary N) is 1. The summed E-state index contributed by atoms with van der Waals surface area (Å²) < 4.78 is 0. The molecular weight excluding hydrogens is 220 g/mol. The van der Waals surface area contributed by atoms with Gasteiger partial charge in [-0.25, -0.2) is 0 Å². The quantitative estimate of drug-likeness (QED) is 0.626. The molecule has 0 radical (unpaired) electrons. The highest BCUT2D eigenvalue weighted by Crippen LogP contribution is 2.38. The fraction of sp³-hybridized carbons (Fsp3) is 0.625. The molecule has 0 spiro atoms. The standard InChI is InChI=1S/C16H24N2/c17-18-16(14-4-1-2-5-14)15-10-8-13(9-11-15)12-6-3-7-12/h8-12,14,16,18H,1-7,17H2. The molecule has 0 saturated heterocycles. The van der Waals surface area contributed by atoms with Crippen LogP contribution in [-0.4, -0.2) is 0 Å². The second-order valence-electron chi connectivity index (χ2n) is 5.98. The van der Waals surface area contributed by atoms with Crippen molar-refractivity contribution in [1.29, 1.82) is 0 Å². The van der Waals surface area contributed by atoms with Gasteiger partial charge < -0.3 is 0 Å². The number of hydrogen-bond donors (Lipinski definition) is 2. The van der Waals surface area contributed by atoms with Gasteiger partial charge in [0.15, 0.2) is 0 Å². The molecule has 1 aromatic carbocycles. The van der Waals surface area contributed by atoms with E-state index in [4.69, 9.17) is 5.84 Å². The molecule has 18 heavy (non-hydrogen) atoms. The highest BCUT2D eigenvalue weighted by molar-refractivity contribution is 5.28. The van der Waals surface area contributed by atoms with Crippen molar-refractivity contribution < 1.29 is 0 Å². The normalized spacial score (nSPS) is 22.9. The molecule has 2 heteroatoms. The first-order valence-electron chi connectivity index (χ1n) is 7.44. The maximum absolute atomic E-state index is 5.77. The molecule has 2 fully saturated rings. The van der Waals surface area contributed by atoms with Crippen LogP contribution in [0.3, 0.4) is 0 Å². The molecule has 98 valence electrons. The molecule has 1 unspecified atom stereocenters. The Balaban J connectivity index is 1.73. The first-order valence-corrected chi connectivity index (χ1v) is 7.44. The lowest BCUT2D eigenvalue weighted by atomic mass is 9.79. The van der Waals surface area contributed by atoms with Crippen LogP contribution in [0, 0.1) is 5.92 Å². The van der Waals surface area contributed by atoms with Crippen molar-refractivity contribution in [2.24, 2.45) is 11.8 Å².